The van der Waals surface area contributed by atoms with Crippen LogP contribution in [0.1, 0.15) is 16.1 Å². The Bertz CT molecular complexity index is 927. The molecule has 0 spiro atoms. The average molecular weight is 390 g/mol. The third kappa shape index (κ3) is 3.76. The van der Waals surface area contributed by atoms with E-state index in [1.807, 2.05) is 24.5 Å². The van der Waals surface area contributed by atoms with Gasteiger partial charge in [0, 0.05) is 24.3 Å². The predicted molar refractivity (Wildman–Crippen MR) is 103 cm³/mol. The Morgan fingerprint density at radius 2 is 1.92 bits per heavy atom. The van der Waals surface area contributed by atoms with E-state index in [-0.39, 0.29) is 11.7 Å². The molecule has 2 aromatic carbocycles. The first-order valence-electron chi connectivity index (χ1n) is 7.88. The molecule has 0 atom stereocenters. The van der Waals surface area contributed by atoms with Crippen LogP contribution in [-0.2, 0) is 6.54 Å². The number of carbonyl (C=O) groups is 1. The first-order valence-corrected chi connectivity index (χ1v) is 9.48. The maximum atomic E-state index is 13.3. The fraction of sp³-hybridized carbons (Fsp3) is 0.158. The largest absolute Gasteiger partial charge is 0.336 e. The molecule has 3 rings (SSSR count). The van der Waals surface area contributed by atoms with Crippen molar-refractivity contribution >= 4 is 29.3 Å². The number of hydrogen-bond donors (Lipinski definition) is 0. The molecular formula is C19H17ClFN3OS. The molecule has 26 heavy (non-hydrogen) atoms. The molecule has 3 aromatic rings. The Kier molecular flexibility index (Phi) is 5.64. The molecule has 0 aliphatic rings. The first kappa shape index (κ1) is 18.5. The number of nitrogens with zero attached hydrogens (tertiary/aromatic N) is 3. The summed E-state index contributed by atoms with van der Waals surface area (Å²) in [7, 11) is 1.71. The van der Waals surface area contributed by atoms with Gasteiger partial charge in [-0.2, -0.15) is 0 Å². The van der Waals surface area contributed by atoms with Crippen LogP contribution in [0.3, 0.4) is 0 Å². The number of hydrogen-bond acceptors (Lipinski definition) is 3. The molecule has 7 heteroatoms. The Balaban J connectivity index is 1.93. The molecule has 0 unspecified atom stereocenters. The summed E-state index contributed by atoms with van der Waals surface area (Å²) in [5.41, 5.74) is 1.96. The zero-order chi connectivity index (χ0) is 18.7. The summed E-state index contributed by atoms with van der Waals surface area (Å²) in [4.78, 5) is 18.9. The third-order valence-corrected chi connectivity index (χ3v) is 4.95. The van der Waals surface area contributed by atoms with Crippen molar-refractivity contribution in [3.63, 3.8) is 0 Å². The number of carbonyl (C=O) groups excluding carboxylic acids is 1. The number of rotatable bonds is 5. The van der Waals surface area contributed by atoms with Gasteiger partial charge in [-0.3, -0.25) is 9.36 Å². The molecule has 4 nitrogen and oxygen atoms in total. The van der Waals surface area contributed by atoms with Crippen LogP contribution in [0, 0.1) is 5.82 Å². The number of aromatic nitrogens is 2. The maximum absolute atomic E-state index is 13.3. The lowest BCUT2D eigenvalue weighted by Gasteiger charge is -2.19. The van der Waals surface area contributed by atoms with E-state index in [1.54, 1.807) is 40.9 Å². The lowest BCUT2D eigenvalue weighted by Crippen LogP contribution is -2.28. The third-order valence-electron chi connectivity index (χ3n) is 3.93. The van der Waals surface area contributed by atoms with E-state index in [9.17, 15) is 9.18 Å². The van der Waals surface area contributed by atoms with E-state index in [2.05, 4.69) is 4.98 Å². The molecule has 0 saturated carbocycles. The molecule has 0 saturated heterocycles. The standard InChI is InChI=1S/C19H17ClFN3OS/c1-23(12-13-5-3-4-6-16(13)20)18(25)17-11-22-19(26-2)24(17)15-9-7-14(21)8-10-15/h3-11H,12H2,1-2H3. The summed E-state index contributed by atoms with van der Waals surface area (Å²) in [5, 5.41) is 1.27. The molecule has 0 fully saturated rings. The highest BCUT2D eigenvalue weighted by Gasteiger charge is 2.21. The number of thioether (sulfide) groups is 1. The Morgan fingerprint density at radius 3 is 2.58 bits per heavy atom. The van der Waals surface area contributed by atoms with E-state index in [0.717, 1.165) is 5.56 Å². The van der Waals surface area contributed by atoms with Crippen molar-refractivity contribution in [1.82, 2.24) is 14.5 Å². The van der Waals surface area contributed by atoms with Crippen molar-refractivity contribution in [2.24, 2.45) is 0 Å². The van der Waals surface area contributed by atoms with E-state index in [4.69, 9.17) is 11.6 Å². The zero-order valence-electron chi connectivity index (χ0n) is 14.3. The van der Waals surface area contributed by atoms with E-state index in [1.165, 1.54) is 23.9 Å². The fourth-order valence-corrected chi connectivity index (χ4v) is 3.36. The van der Waals surface area contributed by atoms with Gasteiger partial charge in [0.2, 0.25) is 0 Å². The highest BCUT2D eigenvalue weighted by molar-refractivity contribution is 7.98. The number of benzene rings is 2. The van der Waals surface area contributed by atoms with Crippen LogP contribution in [0.4, 0.5) is 4.39 Å². The fourth-order valence-electron chi connectivity index (χ4n) is 2.62. The summed E-state index contributed by atoms with van der Waals surface area (Å²) >= 11 is 7.61. The van der Waals surface area contributed by atoms with E-state index in [0.29, 0.717) is 28.1 Å². The van der Waals surface area contributed by atoms with Crippen LogP contribution in [0.25, 0.3) is 5.69 Å². The second-order valence-corrected chi connectivity index (χ2v) is 6.88. The van der Waals surface area contributed by atoms with E-state index >= 15 is 0 Å². The van der Waals surface area contributed by atoms with Gasteiger partial charge >= 0.3 is 0 Å². The highest BCUT2D eigenvalue weighted by Crippen LogP contribution is 2.24. The lowest BCUT2D eigenvalue weighted by molar-refractivity contribution is 0.0776. The van der Waals surface area contributed by atoms with Crippen molar-refractivity contribution in [2.75, 3.05) is 13.3 Å². The molecule has 1 heterocycles. The topological polar surface area (TPSA) is 38.1 Å². The minimum Gasteiger partial charge on any atom is -0.336 e. The number of amides is 1. The number of halogens is 2. The number of imidazole rings is 1. The second kappa shape index (κ2) is 7.93. The SMILES string of the molecule is CSc1ncc(C(=O)N(C)Cc2ccccc2Cl)n1-c1ccc(F)cc1. The lowest BCUT2D eigenvalue weighted by atomic mass is 10.2. The Labute approximate surface area is 160 Å². The maximum Gasteiger partial charge on any atom is 0.272 e. The summed E-state index contributed by atoms with van der Waals surface area (Å²) in [6.45, 7) is 0.377. The van der Waals surface area contributed by atoms with Gasteiger partial charge in [0.15, 0.2) is 5.16 Å². The molecule has 1 aromatic heterocycles. The summed E-state index contributed by atoms with van der Waals surface area (Å²) in [6, 6.07) is 13.4. The smallest absolute Gasteiger partial charge is 0.272 e. The van der Waals surface area contributed by atoms with Gasteiger partial charge in [-0.25, -0.2) is 9.37 Å². The second-order valence-electron chi connectivity index (χ2n) is 5.69. The van der Waals surface area contributed by atoms with Gasteiger partial charge in [-0.15, -0.1) is 0 Å². The van der Waals surface area contributed by atoms with Crippen LogP contribution in [0.5, 0.6) is 0 Å². The Morgan fingerprint density at radius 1 is 1.23 bits per heavy atom. The van der Waals surface area contributed by atoms with Gasteiger partial charge in [0.05, 0.1) is 6.20 Å². The van der Waals surface area contributed by atoms with Crippen molar-refractivity contribution in [2.45, 2.75) is 11.7 Å². The summed E-state index contributed by atoms with van der Waals surface area (Å²) in [5.74, 6) is -0.523. The van der Waals surface area contributed by atoms with Crippen LogP contribution in [0.2, 0.25) is 5.02 Å². The van der Waals surface area contributed by atoms with Gasteiger partial charge in [0.1, 0.15) is 11.5 Å². The van der Waals surface area contributed by atoms with Crippen molar-refractivity contribution in [3.05, 3.63) is 76.8 Å². The molecule has 0 aliphatic heterocycles. The first-order chi connectivity index (χ1) is 12.5. The van der Waals surface area contributed by atoms with Gasteiger partial charge in [-0.05, 0) is 42.2 Å². The van der Waals surface area contributed by atoms with E-state index < -0.39 is 0 Å². The van der Waals surface area contributed by atoms with Crippen molar-refractivity contribution in [1.29, 1.82) is 0 Å². The summed E-state index contributed by atoms with van der Waals surface area (Å²) in [6.07, 6.45) is 3.42. The van der Waals surface area contributed by atoms with Crippen molar-refractivity contribution < 1.29 is 9.18 Å². The minimum absolute atomic E-state index is 0.193. The highest BCUT2D eigenvalue weighted by atomic mass is 35.5. The average Bonchev–Trinajstić information content (AvgIpc) is 3.07. The molecule has 0 aliphatic carbocycles. The van der Waals surface area contributed by atoms with Crippen LogP contribution in [0.15, 0.2) is 59.9 Å². The van der Waals surface area contributed by atoms with Crippen LogP contribution in [-0.4, -0.2) is 33.7 Å². The monoisotopic (exact) mass is 389 g/mol. The summed E-state index contributed by atoms with van der Waals surface area (Å²) < 4.78 is 15.0. The minimum atomic E-state index is -0.330. The van der Waals surface area contributed by atoms with Gasteiger partial charge in [0.25, 0.3) is 5.91 Å². The quantitative estimate of drug-likeness (QED) is 0.596. The normalized spacial score (nSPS) is 10.8. The van der Waals surface area contributed by atoms with Crippen LogP contribution < -0.4 is 0 Å². The molecule has 1 amide bonds. The van der Waals surface area contributed by atoms with Crippen LogP contribution >= 0.6 is 23.4 Å². The Hall–Kier alpha value is -2.31. The molecule has 0 N–H and O–H groups in total. The van der Waals surface area contributed by atoms with Gasteiger partial charge in [-0.1, -0.05) is 41.6 Å². The molecular weight excluding hydrogens is 373 g/mol. The molecule has 0 bridgehead atoms. The molecule has 0 radical (unpaired) electrons. The predicted octanol–water partition coefficient (Wildman–Crippen LogP) is 4.66. The van der Waals surface area contributed by atoms with Gasteiger partial charge < -0.3 is 4.90 Å². The zero-order valence-corrected chi connectivity index (χ0v) is 15.9. The molecule has 134 valence electrons. The van der Waals surface area contributed by atoms with Crippen molar-refractivity contribution in [3.8, 4) is 5.69 Å².